The Balaban J connectivity index is 0.975. The quantitative estimate of drug-likeness (QED) is 0.209. The Hall–Kier alpha value is -0.810. The maximum atomic E-state index is 12.0. The summed E-state index contributed by atoms with van der Waals surface area (Å²) < 4.78 is 20.4. The predicted octanol–water partition coefficient (Wildman–Crippen LogP) is 6.68. The van der Waals surface area contributed by atoms with Crippen LogP contribution in [0.2, 0.25) is 0 Å². The number of rotatable bonds is 6. The van der Waals surface area contributed by atoms with E-state index in [1.165, 1.54) is 6.42 Å². The lowest BCUT2D eigenvalue weighted by Crippen LogP contribution is -2.70. The van der Waals surface area contributed by atoms with Crippen LogP contribution in [0.25, 0.3) is 0 Å². The standard InChI is InChI=1S/C39H62O9/c1-20(8-12-32(42)43)25-10-11-28-33-29(19-31(41)38(25,28)6)36(4)15-13-24(17-23(36)18-30(33)40)44-34-22(3)27-9-7-21(2)26-14-16-37(5)46-35(45-34)39(26,27)48-47-37/h20-31,33-35,40-41H,7-19H2,1-6H3,(H,42,43)/t20-,21-,22-,23?,24-,25-,26?,27?,28?,29?,30+,31+,33?,34?,35?,36+,37+,38-,39-/m1/s1. The zero-order valence-electron chi connectivity index (χ0n) is 30.1. The van der Waals surface area contributed by atoms with E-state index in [0.29, 0.717) is 24.2 Å². The van der Waals surface area contributed by atoms with E-state index >= 15 is 0 Å². The molecule has 2 bridgehead atoms. The van der Waals surface area contributed by atoms with E-state index in [2.05, 4.69) is 34.6 Å². The number of carboxylic acids is 1. The highest BCUT2D eigenvalue weighted by molar-refractivity contribution is 5.66. The smallest absolute Gasteiger partial charge is 0.303 e. The summed E-state index contributed by atoms with van der Waals surface area (Å²) in [5.41, 5.74) is -0.834. The van der Waals surface area contributed by atoms with Crippen LogP contribution in [0.4, 0.5) is 0 Å². The Morgan fingerprint density at radius 3 is 2.44 bits per heavy atom. The minimum Gasteiger partial charge on any atom is -0.481 e. The van der Waals surface area contributed by atoms with Crippen LogP contribution in [0.1, 0.15) is 125 Å². The van der Waals surface area contributed by atoms with Crippen LogP contribution in [0, 0.1) is 70.0 Å². The first-order valence-corrected chi connectivity index (χ1v) is 19.6. The maximum absolute atomic E-state index is 12.0. The number of hydrogen-bond donors (Lipinski definition) is 3. The summed E-state index contributed by atoms with van der Waals surface area (Å²) in [5.74, 6) is 1.23. The molecule has 272 valence electrons. The minimum atomic E-state index is -0.805. The van der Waals surface area contributed by atoms with E-state index in [9.17, 15) is 20.1 Å². The van der Waals surface area contributed by atoms with E-state index in [0.717, 1.165) is 64.2 Å². The molecule has 9 heteroatoms. The maximum Gasteiger partial charge on any atom is 0.303 e. The summed E-state index contributed by atoms with van der Waals surface area (Å²) in [7, 11) is 0. The normalized spacial score (nSPS) is 57.8. The molecule has 9 rings (SSSR count). The van der Waals surface area contributed by atoms with Crippen molar-refractivity contribution in [2.45, 2.75) is 167 Å². The van der Waals surface area contributed by atoms with Gasteiger partial charge in [0, 0.05) is 24.7 Å². The number of aliphatic hydroxyl groups excluding tert-OH is 2. The monoisotopic (exact) mass is 674 g/mol. The Morgan fingerprint density at radius 2 is 1.67 bits per heavy atom. The summed E-state index contributed by atoms with van der Waals surface area (Å²) in [5, 5.41) is 33.2. The van der Waals surface area contributed by atoms with Gasteiger partial charge in [0.25, 0.3) is 0 Å². The first-order chi connectivity index (χ1) is 22.7. The molecule has 0 amide bonds. The highest BCUT2D eigenvalue weighted by Crippen LogP contribution is 2.69. The van der Waals surface area contributed by atoms with Crippen molar-refractivity contribution in [1.29, 1.82) is 0 Å². The SMILES string of the molecule is C[C@H]1C(O[C@@H]2CC[C@@]3(C)C(C2)C[C@H](O)C2C3C[C@H](O)[C@@]3(C)C2CC[C@@H]3[C@H](C)CCC(=O)O)OC2O[C@]3(C)CCC4[C@H](C)CCC1[C@@]24OO3. The molecule has 5 saturated carbocycles. The molecule has 8 unspecified atom stereocenters. The van der Waals surface area contributed by atoms with Gasteiger partial charge in [0.15, 0.2) is 18.2 Å². The summed E-state index contributed by atoms with van der Waals surface area (Å²) in [6.07, 6.45) is 9.56. The molecule has 9 nitrogen and oxygen atoms in total. The average Bonchev–Trinajstić information content (AvgIpc) is 3.24. The molecule has 9 fully saturated rings. The van der Waals surface area contributed by atoms with Crippen molar-refractivity contribution >= 4 is 5.97 Å². The Bertz CT molecular complexity index is 1250. The molecule has 4 heterocycles. The second-order valence-corrected chi connectivity index (χ2v) is 18.8. The van der Waals surface area contributed by atoms with Gasteiger partial charge in [-0.15, -0.1) is 0 Å². The second-order valence-electron chi connectivity index (χ2n) is 18.8. The van der Waals surface area contributed by atoms with Gasteiger partial charge in [-0.25, -0.2) is 9.78 Å². The number of aliphatic carboxylic acids is 1. The number of hydrogen-bond acceptors (Lipinski definition) is 8. The number of fused-ring (bicyclic) bond motifs is 7. The van der Waals surface area contributed by atoms with Crippen molar-refractivity contribution in [3.8, 4) is 0 Å². The number of aliphatic hydroxyl groups is 2. The van der Waals surface area contributed by atoms with Crippen molar-refractivity contribution in [1.82, 2.24) is 0 Å². The van der Waals surface area contributed by atoms with Crippen LogP contribution < -0.4 is 0 Å². The molecule has 0 aromatic rings. The van der Waals surface area contributed by atoms with Gasteiger partial charge in [0.05, 0.1) is 18.3 Å². The molecular weight excluding hydrogens is 612 g/mol. The van der Waals surface area contributed by atoms with Gasteiger partial charge in [0.2, 0.25) is 5.79 Å². The fourth-order valence-electron chi connectivity index (χ4n) is 14.0. The summed E-state index contributed by atoms with van der Waals surface area (Å²) in [4.78, 5) is 23.7. The van der Waals surface area contributed by atoms with Crippen LogP contribution in [0.3, 0.4) is 0 Å². The molecule has 4 aliphatic heterocycles. The predicted molar refractivity (Wildman–Crippen MR) is 176 cm³/mol. The Morgan fingerprint density at radius 1 is 0.896 bits per heavy atom. The van der Waals surface area contributed by atoms with Crippen LogP contribution >= 0.6 is 0 Å². The van der Waals surface area contributed by atoms with Gasteiger partial charge < -0.3 is 29.5 Å². The molecule has 5 aliphatic carbocycles. The fourth-order valence-corrected chi connectivity index (χ4v) is 14.0. The van der Waals surface area contributed by atoms with Gasteiger partial charge in [-0.2, -0.15) is 0 Å². The molecule has 3 N–H and O–H groups in total. The van der Waals surface area contributed by atoms with Crippen molar-refractivity contribution in [2.24, 2.45) is 70.0 Å². The second kappa shape index (κ2) is 11.9. The summed E-state index contributed by atoms with van der Waals surface area (Å²) >= 11 is 0. The average molecular weight is 675 g/mol. The summed E-state index contributed by atoms with van der Waals surface area (Å²) in [6.45, 7) is 13.4. The van der Waals surface area contributed by atoms with Gasteiger partial charge in [-0.3, -0.25) is 4.79 Å². The van der Waals surface area contributed by atoms with E-state index in [1.54, 1.807) is 0 Å². The van der Waals surface area contributed by atoms with Gasteiger partial charge in [-0.05, 0) is 136 Å². The molecule has 4 saturated heterocycles. The van der Waals surface area contributed by atoms with Crippen molar-refractivity contribution in [3.05, 3.63) is 0 Å². The third-order valence-corrected chi connectivity index (χ3v) is 16.7. The van der Waals surface area contributed by atoms with Crippen molar-refractivity contribution < 1.29 is 44.1 Å². The highest BCUT2D eigenvalue weighted by Gasteiger charge is 2.70. The first-order valence-electron chi connectivity index (χ1n) is 19.6. The molecule has 0 aromatic carbocycles. The molecule has 48 heavy (non-hydrogen) atoms. The number of carbonyl (C=O) groups is 1. The molecule has 0 radical (unpaired) electrons. The number of ether oxygens (including phenoxy) is 3. The summed E-state index contributed by atoms with van der Waals surface area (Å²) in [6, 6.07) is 0. The zero-order valence-corrected chi connectivity index (χ0v) is 30.1. The van der Waals surface area contributed by atoms with Crippen LogP contribution in [0.5, 0.6) is 0 Å². The lowest BCUT2D eigenvalue weighted by molar-refractivity contribution is -0.578. The topological polar surface area (TPSA) is 124 Å². The third kappa shape index (κ3) is 4.90. The largest absolute Gasteiger partial charge is 0.481 e. The van der Waals surface area contributed by atoms with E-state index in [4.69, 9.17) is 24.0 Å². The Labute approximate surface area is 287 Å². The molecular formula is C39H62O9. The molecule has 0 aromatic heterocycles. The van der Waals surface area contributed by atoms with Crippen molar-refractivity contribution in [3.63, 3.8) is 0 Å². The van der Waals surface area contributed by atoms with Crippen molar-refractivity contribution in [2.75, 3.05) is 0 Å². The van der Waals surface area contributed by atoms with Crippen LogP contribution in [-0.4, -0.2) is 63.6 Å². The van der Waals surface area contributed by atoms with E-state index in [1.807, 2.05) is 6.92 Å². The van der Waals surface area contributed by atoms with E-state index < -0.39 is 35.9 Å². The van der Waals surface area contributed by atoms with Crippen LogP contribution in [0.15, 0.2) is 0 Å². The first kappa shape index (κ1) is 34.3. The Kier molecular flexibility index (Phi) is 8.47. The zero-order chi connectivity index (χ0) is 34.0. The number of carboxylic acid groups (broad SMARTS) is 1. The third-order valence-electron chi connectivity index (χ3n) is 16.7. The minimum absolute atomic E-state index is 0.0399. The fraction of sp³-hybridized carbons (Fsp3) is 0.974. The van der Waals surface area contributed by atoms with E-state index in [-0.39, 0.29) is 71.1 Å². The van der Waals surface area contributed by atoms with Gasteiger partial charge in [0.1, 0.15) is 0 Å². The molecule has 1 spiro atoms. The van der Waals surface area contributed by atoms with Gasteiger partial charge >= 0.3 is 5.97 Å². The molecule has 19 atom stereocenters. The van der Waals surface area contributed by atoms with Gasteiger partial charge in [-0.1, -0.05) is 34.6 Å². The molecule has 9 aliphatic rings. The lowest BCUT2D eigenvalue weighted by atomic mass is 9.43. The lowest BCUT2D eigenvalue weighted by Gasteiger charge is -2.64. The highest BCUT2D eigenvalue weighted by atomic mass is 17.3. The van der Waals surface area contributed by atoms with Crippen LogP contribution in [-0.2, 0) is 28.8 Å².